The first kappa shape index (κ1) is 17.5. The van der Waals surface area contributed by atoms with E-state index in [4.69, 9.17) is 18.9 Å². The number of benzene rings is 1. The number of carbonyl (C=O) groups is 1. The molecule has 5 nitrogen and oxygen atoms in total. The summed E-state index contributed by atoms with van der Waals surface area (Å²) < 4.78 is 22.1. The molecular weight excluding hydrogens is 296 g/mol. The van der Waals surface area contributed by atoms with Crippen molar-refractivity contribution in [2.75, 3.05) is 13.7 Å². The maximum Gasteiger partial charge on any atom is 0.337 e. The molecule has 0 fully saturated rings. The fraction of sp³-hybridized carbons (Fsp3) is 0.500. The second-order valence-corrected chi connectivity index (χ2v) is 6.03. The largest absolute Gasteiger partial charge is 0.456 e. The van der Waals surface area contributed by atoms with Gasteiger partial charge in [-0.2, -0.15) is 0 Å². The highest BCUT2D eigenvalue weighted by atomic mass is 16.7. The van der Waals surface area contributed by atoms with Crippen LogP contribution in [0.1, 0.15) is 26.3 Å². The van der Waals surface area contributed by atoms with Crippen LogP contribution in [0.3, 0.4) is 0 Å². The Kier molecular flexibility index (Phi) is 5.80. The second kappa shape index (κ2) is 7.62. The zero-order valence-electron chi connectivity index (χ0n) is 14.1. The van der Waals surface area contributed by atoms with E-state index >= 15 is 0 Å². The molecule has 2 rings (SSSR count). The summed E-state index contributed by atoms with van der Waals surface area (Å²) >= 11 is 0. The molecule has 0 amide bonds. The van der Waals surface area contributed by atoms with Gasteiger partial charge in [-0.25, -0.2) is 4.79 Å². The van der Waals surface area contributed by atoms with Crippen LogP contribution in [0.5, 0.6) is 0 Å². The standard InChI is InChI=1S/C18H24O5/c1-13(15-10-17(19)23-18(2,3)22-15)16(20-4)12-21-11-14-8-6-5-7-9-14/h5-10,13,16H,11-12H2,1-4H3. The van der Waals surface area contributed by atoms with Crippen LogP contribution in [0.4, 0.5) is 0 Å². The zero-order chi connectivity index (χ0) is 16.9. The van der Waals surface area contributed by atoms with Crippen LogP contribution >= 0.6 is 0 Å². The quantitative estimate of drug-likeness (QED) is 0.723. The van der Waals surface area contributed by atoms with E-state index < -0.39 is 11.8 Å². The smallest absolute Gasteiger partial charge is 0.337 e. The fourth-order valence-electron chi connectivity index (χ4n) is 2.41. The predicted molar refractivity (Wildman–Crippen MR) is 85.4 cm³/mol. The molecule has 0 bridgehead atoms. The van der Waals surface area contributed by atoms with Gasteiger partial charge in [0.15, 0.2) is 0 Å². The third kappa shape index (κ3) is 5.08. The van der Waals surface area contributed by atoms with Gasteiger partial charge in [-0.1, -0.05) is 37.3 Å². The van der Waals surface area contributed by atoms with Crippen LogP contribution in [0.2, 0.25) is 0 Å². The zero-order valence-corrected chi connectivity index (χ0v) is 14.1. The maximum atomic E-state index is 11.7. The summed E-state index contributed by atoms with van der Waals surface area (Å²) in [6, 6.07) is 9.94. The van der Waals surface area contributed by atoms with Crippen LogP contribution in [0, 0.1) is 5.92 Å². The first-order valence-electron chi connectivity index (χ1n) is 7.69. The molecule has 0 radical (unpaired) electrons. The molecule has 0 saturated heterocycles. The topological polar surface area (TPSA) is 54.0 Å². The minimum Gasteiger partial charge on any atom is -0.456 e. The van der Waals surface area contributed by atoms with Gasteiger partial charge in [-0.15, -0.1) is 0 Å². The predicted octanol–water partition coefficient (Wildman–Crippen LogP) is 3.05. The van der Waals surface area contributed by atoms with Gasteiger partial charge < -0.3 is 18.9 Å². The summed E-state index contributed by atoms with van der Waals surface area (Å²) in [5.41, 5.74) is 1.10. The lowest BCUT2D eigenvalue weighted by atomic mass is 10.0. The number of cyclic esters (lactones) is 1. The number of hydrogen-bond donors (Lipinski definition) is 0. The molecule has 1 heterocycles. The first-order valence-corrected chi connectivity index (χ1v) is 7.69. The lowest BCUT2D eigenvalue weighted by molar-refractivity contribution is -0.210. The highest BCUT2D eigenvalue weighted by Gasteiger charge is 2.34. The number of carbonyl (C=O) groups excluding carboxylic acids is 1. The van der Waals surface area contributed by atoms with Crippen LogP contribution in [0.15, 0.2) is 42.2 Å². The molecule has 1 aliphatic rings. The lowest BCUT2D eigenvalue weighted by Gasteiger charge is -2.34. The summed E-state index contributed by atoms with van der Waals surface area (Å²) in [7, 11) is 1.62. The Morgan fingerprint density at radius 3 is 2.48 bits per heavy atom. The molecule has 1 aliphatic heterocycles. The average Bonchev–Trinajstić information content (AvgIpc) is 2.50. The summed E-state index contributed by atoms with van der Waals surface area (Å²) in [6.07, 6.45) is 1.16. The Labute approximate surface area is 137 Å². The van der Waals surface area contributed by atoms with E-state index in [1.165, 1.54) is 6.08 Å². The molecule has 2 atom stereocenters. The molecule has 0 N–H and O–H groups in total. The number of esters is 1. The third-order valence-corrected chi connectivity index (χ3v) is 3.67. The normalized spacial score (nSPS) is 19.3. The SMILES string of the molecule is COC(COCc1ccccc1)C(C)C1=CC(=O)OC(C)(C)O1. The van der Waals surface area contributed by atoms with Gasteiger partial charge in [0, 0.05) is 26.9 Å². The van der Waals surface area contributed by atoms with Crippen LogP contribution in [-0.2, 0) is 30.3 Å². The van der Waals surface area contributed by atoms with Crippen molar-refractivity contribution in [1.29, 1.82) is 0 Å². The van der Waals surface area contributed by atoms with Gasteiger partial charge in [0.25, 0.3) is 0 Å². The molecule has 0 aliphatic carbocycles. The Hall–Kier alpha value is -1.85. The van der Waals surface area contributed by atoms with Gasteiger partial charge >= 0.3 is 5.97 Å². The van der Waals surface area contributed by atoms with Gasteiger partial charge in [0.05, 0.1) is 25.4 Å². The van der Waals surface area contributed by atoms with Gasteiger partial charge in [0.2, 0.25) is 5.79 Å². The Morgan fingerprint density at radius 1 is 1.17 bits per heavy atom. The molecule has 126 valence electrons. The minimum absolute atomic E-state index is 0.122. The molecule has 0 spiro atoms. The Bertz CT molecular complexity index is 550. The fourth-order valence-corrected chi connectivity index (χ4v) is 2.41. The van der Waals surface area contributed by atoms with Gasteiger partial charge in [0.1, 0.15) is 5.76 Å². The molecular formula is C18H24O5. The van der Waals surface area contributed by atoms with Crippen molar-refractivity contribution in [3.8, 4) is 0 Å². The number of methoxy groups -OCH3 is 1. The van der Waals surface area contributed by atoms with E-state index in [0.29, 0.717) is 19.0 Å². The monoisotopic (exact) mass is 320 g/mol. The average molecular weight is 320 g/mol. The number of ether oxygens (including phenoxy) is 4. The Morgan fingerprint density at radius 2 is 1.87 bits per heavy atom. The second-order valence-electron chi connectivity index (χ2n) is 6.03. The molecule has 1 aromatic rings. The molecule has 2 unspecified atom stereocenters. The molecule has 0 aromatic heterocycles. The summed E-state index contributed by atoms with van der Waals surface area (Å²) in [5.74, 6) is -0.925. The molecule has 5 heteroatoms. The van der Waals surface area contributed by atoms with Crippen LogP contribution < -0.4 is 0 Å². The van der Waals surface area contributed by atoms with Crippen molar-refractivity contribution < 1.29 is 23.7 Å². The van der Waals surface area contributed by atoms with Crippen molar-refractivity contribution >= 4 is 5.97 Å². The summed E-state index contributed by atoms with van der Waals surface area (Å²) in [5, 5.41) is 0. The minimum atomic E-state index is -0.960. The van der Waals surface area contributed by atoms with E-state index in [0.717, 1.165) is 5.56 Å². The Balaban J connectivity index is 1.93. The lowest BCUT2D eigenvalue weighted by Crippen LogP contribution is -2.38. The molecule has 23 heavy (non-hydrogen) atoms. The van der Waals surface area contributed by atoms with Gasteiger partial charge in [-0.3, -0.25) is 0 Å². The van der Waals surface area contributed by atoms with E-state index in [9.17, 15) is 4.79 Å². The van der Waals surface area contributed by atoms with Crippen molar-refractivity contribution in [2.45, 2.75) is 39.3 Å². The highest BCUT2D eigenvalue weighted by molar-refractivity contribution is 5.83. The van der Waals surface area contributed by atoms with Crippen molar-refractivity contribution in [2.24, 2.45) is 5.92 Å². The summed E-state index contributed by atoms with van der Waals surface area (Å²) in [6.45, 7) is 6.28. The van der Waals surface area contributed by atoms with Gasteiger partial charge in [-0.05, 0) is 5.56 Å². The summed E-state index contributed by atoms with van der Waals surface area (Å²) in [4.78, 5) is 11.7. The van der Waals surface area contributed by atoms with E-state index in [2.05, 4.69) is 0 Å². The van der Waals surface area contributed by atoms with Crippen LogP contribution in [-0.4, -0.2) is 31.6 Å². The highest BCUT2D eigenvalue weighted by Crippen LogP contribution is 2.29. The van der Waals surface area contributed by atoms with Crippen molar-refractivity contribution in [1.82, 2.24) is 0 Å². The maximum absolute atomic E-state index is 11.7. The molecule has 0 saturated carbocycles. The van der Waals surface area contributed by atoms with E-state index in [1.807, 2.05) is 37.3 Å². The first-order chi connectivity index (χ1) is 10.9. The van der Waals surface area contributed by atoms with Crippen molar-refractivity contribution in [3.05, 3.63) is 47.7 Å². The van der Waals surface area contributed by atoms with Crippen molar-refractivity contribution in [3.63, 3.8) is 0 Å². The molecule has 1 aromatic carbocycles. The van der Waals surface area contributed by atoms with E-state index in [1.54, 1.807) is 21.0 Å². The van der Waals surface area contributed by atoms with E-state index in [-0.39, 0.29) is 12.0 Å². The number of hydrogen-bond acceptors (Lipinski definition) is 5. The van der Waals surface area contributed by atoms with Crippen LogP contribution in [0.25, 0.3) is 0 Å². The number of rotatable bonds is 7. The third-order valence-electron chi connectivity index (χ3n) is 3.67.